The van der Waals surface area contributed by atoms with E-state index in [1.807, 2.05) is 0 Å². The monoisotopic (exact) mass is 134 g/mol. The maximum absolute atomic E-state index is 9.71. The van der Waals surface area contributed by atoms with Gasteiger partial charge < -0.3 is 4.89 Å². The highest BCUT2D eigenvalue weighted by Gasteiger charge is 1.79. The number of rotatable bonds is 2. The Balaban J connectivity index is 0. The van der Waals surface area contributed by atoms with Gasteiger partial charge in [0.1, 0.15) is 0 Å². The van der Waals surface area contributed by atoms with Gasteiger partial charge in [-0.1, -0.05) is 6.08 Å². The average Bonchev–Trinajstić information content (AvgIpc) is 1.72. The molecule has 1 unspecified atom stereocenters. The fraction of sp³-hybridized carbons (Fsp3) is 0.200. The van der Waals surface area contributed by atoms with Crippen LogP contribution in [-0.2, 0) is 4.57 Å². The van der Waals surface area contributed by atoms with E-state index >= 15 is 0 Å². The third kappa shape index (κ3) is 17.3. The van der Waals surface area contributed by atoms with E-state index in [0.717, 1.165) is 0 Å². The van der Waals surface area contributed by atoms with E-state index in [2.05, 4.69) is 19.7 Å². The Hall–Kier alpha value is -0.330. The summed E-state index contributed by atoms with van der Waals surface area (Å²) in [6.07, 6.45) is 1.67. The lowest BCUT2D eigenvalue weighted by Crippen LogP contribution is -1.61. The Labute approximate surface area is 50.4 Å². The van der Waals surface area contributed by atoms with Crippen molar-refractivity contribution in [1.82, 2.24) is 0 Å². The summed E-state index contributed by atoms with van der Waals surface area (Å²) in [5.41, 5.74) is 0. The van der Waals surface area contributed by atoms with Gasteiger partial charge in [-0.25, -0.2) is 0 Å². The van der Waals surface area contributed by atoms with Crippen LogP contribution in [0.5, 0.6) is 0 Å². The van der Waals surface area contributed by atoms with Gasteiger partial charge in [0, 0.05) is 6.16 Å². The molecule has 1 atom stereocenters. The van der Waals surface area contributed by atoms with Crippen LogP contribution in [0.4, 0.5) is 0 Å². The van der Waals surface area contributed by atoms with Crippen molar-refractivity contribution in [1.29, 1.82) is 0 Å². The molecular weight excluding hydrogens is 123 g/mol. The minimum absolute atomic E-state index is 0.241. The summed E-state index contributed by atoms with van der Waals surface area (Å²) < 4.78 is 9.71. The molecule has 3 heteroatoms. The molecule has 0 aliphatic heterocycles. The van der Waals surface area contributed by atoms with Crippen molar-refractivity contribution < 1.29 is 9.46 Å². The van der Waals surface area contributed by atoms with Gasteiger partial charge in [-0.3, -0.25) is 4.57 Å². The molecule has 0 heterocycles. The zero-order chi connectivity index (χ0) is 6.99. The van der Waals surface area contributed by atoms with Gasteiger partial charge in [0.2, 0.25) is 0 Å². The van der Waals surface area contributed by atoms with Gasteiger partial charge >= 0.3 is 0 Å². The van der Waals surface area contributed by atoms with Crippen LogP contribution in [0.2, 0.25) is 0 Å². The molecule has 0 amide bonds. The Bertz CT molecular complexity index is 80.5. The van der Waals surface area contributed by atoms with Crippen LogP contribution in [0.25, 0.3) is 0 Å². The number of hydrogen-bond acceptors (Lipinski definition) is 1. The first-order chi connectivity index (χ1) is 3.77. The van der Waals surface area contributed by atoms with Crippen molar-refractivity contribution in [2.45, 2.75) is 0 Å². The molecule has 0 aliphatic carbocycles. The molecule has 0 saturated carbocycles. The highest BCUT2D eigenvalue weighted by atomic mass is 31.1. The highest BCUT2D eigenvalue weighted by molar-refractivity contribution is 7.38. The predicted octanol–water partition coefficient (Wildman–Crippen LogP) is 1.44. The van der Waals surface area contributed by atoms with Crippen LogP contribution in [0, 0.1) is 0 Å². The van der Waals surface area contributed by atoms with Crippen molar-refractivity contribution in [3.8, 4) is 0 Å². The van der Waals surface area contributed by atoms with Crippen LogP contribution in [0.1, 0.15) is 0 Å². The summed E-state index contributed by atoms with van der Waals surface area (Å²) in [5, 5.41) is 0. The van der Waals surface area contributed by atoms with Crippen molar-refractivity contribution >= 4 is 8.03 Å². The first-order valence-electron chi connectivity index (χ1n) is 2.10. The Morgan fingerprint density at radius 1 is 1.62 bits per heavy atom. The molecule has 2 nitrogen and oxygen atoms in total. The Morgan fingerprint density at radius 3 is 2.00 bits per heavy atom. The largest absolute Gasteiger partial charge is 0.346 e. The lowest BCUT2D eigenvalue weighted by atomic mass is 10.8. The lowest BCUT2D eigenvalue weighted by molar-refractivity contribution is 0.506. The fourth-order valence-corrected chi connectivity index (χ4v) is 0.370. The van der Waals surface area contributed by atoms with Crippen molar-refractivity contribution in [3.63, 3.8) is 0 Å². The third-order valence-electron chi connectivity index (χ3n) is 0.319. The third-order valence-corrected chi connectivity index (χ3v) is 0.957. The standard InChI is InChI=1S/C3H7O2P.C2H4/c1-2-3-6(4)5;1-2/h2,6H,1,3H2,(H,4,5);1-2H2. The van der Waals surface area contributed by atoms with Gasteiger partial charge in [0.25, 0.3) is 0 Å². The van der Waals surface area contributed by atoms with E-state index in [9.17, 15) is 4.57 Å². The highest BCUT2D eigenvalue weighted by Crippen LogP contribution is 2.10. The van der Waals surface area contributed by atoms with Gasteiger partial charge in [-0.2, -0.15) is 0 Å². The van der Waals surface area contributed by atoms with E-state index < -0.39 is 8.03 Å². The molecule has 1 N–H and O–H groups in total. The van der Waals surface area contributed by atoms with Crippen LogP contribution in [-0.4, -0.2) is 11.1 Å². The number of hydrogen-bond donors (Lipinski definition) is 1. The topological polar surface area (TPSA) is 37.3 Å². The summed E-state index contributed by atoms with van der Waals surface area (Å²) in [6.45, 7) is 9.27. The van der Waals surface area contributed by atoms with Gasteiger partial charge in [0.15, 0.2) is 8.03 Å². The molecule has 0 spiro atoms. The molecule has 48 valence electrons. The van der Waals surface area contributed by atoms with Crippen molar-refractivity contribution in [2.24, 2.45) is 0 Å². The molecule has 0 saturated heterocycles. The average molecular weight is 134 g/mol. The molecule has 0 aliphatic rings. The first kappa shape index (κ1) is 10.6. The zero-order valence-corrected chi connectivity index (χ0v) is 5.76. The molecule has 0 bridgehead atoms. The molecule has 0 rings (SSSR count). The lowest BCUT2D eigenvalue weighted by Gasteiger charge is -1.77. The summed E-state index contributed by atoms with van der Waals surface area (Å²) in [5.74, 6) is 0. The second kappa shape index (κ2) is 9.83. The first-order valence-corrected chi connectivity index (χ1v) is 3.66. The normalized spacial score (nSPS) is 10.6. The molecule has 0 fully saturated rings. The minimum Gasteiger partial charge on any atom is -0.346 e. The number of allylic oxidation sites excluding steroid dienone is 1. The van der Waals surface area contributed by atoms with Gasteiger partial charge in [-0.05, 0) is 0 Å². The van der Waals surface area contributed by atoms with Gasteiger partial charge in [-0.15, -0.1) is 19.7 Å². The van der Waals surface area contributed by atoms with E-state index in [-0.39, 0.29) is 6.16 Å². The second-order valence-electron chi connectivity index (χ2n) is 0.887. The smallest absolute Gasteiger partial charge is 0.192 e. The maximum atomic E-state index is 9.71. The van der Waals surface area contributed by atoms with Crippen LogP contribution in [0.15, 0.2) is 25.8 Å². The fourth-order valence-electron chi connectivity index (χ4n) is 0.123. The Morgan fingerprint density at radius 2 is 2.00 bits per heavy atom. The second-order valence-corrected chi connectivity index (χ2v) is 2.08. The zero-order valence-electron chi connectivity index (χ0n) is 4.76. The quantitative estimate of drug-likeness (QED) is 0.458. The molecular formula is C5H11O2P. The minimum atomic E-state index is -2.25. The summed E-state index contributed by atoms with van der Waals surface area (Å²) in [7, 11) is -2.25. The summed E-state index contributed by atoms with van der Waals surface area (Å²) >= 11 is 0. The predicted molar refractivity (Wildman–Crippen MR) is 37.5 cm³/mol. The molecule has 8 heavy (non-hydrogen) atoms. The van der Waals surface area contributed by atoms with E-state index in [0.29, 0.717) is 0 Å². The summed E-state index contributed by atoms with van der Waals surface area (Å²) in [6, 6.07) is 0. The van der Waals surface area contributed by atoms with Crippen molar-refractivity contribution in [3.05, 3.63) is 25.8 Å². The van der Waals surface area contributed by atoms with Crippen LogP contribution in [0.3, 0.4) is 0 Å². The van der Waals surface area contributed by atoms with E-state index in [4.69, 9.17) is 4.89 Å². The summed E-state index contributed by atoms with van der Waals surface area (Å²) in [4.78, 5) is 8.03. The van der Waals surface area contributed by atoms with Crippen LogP contribution < -0.4 is 0 Å². The van der Waals surface area contributed by atoms with Crippen molar-refractivity contribution in [2.75, 3.05) is 6.16 Å². The molecule has 0 aromatic heterocycles. The van der Waals surface area contributed by atoms with E-state index in [1.165, 1.54) is 6.08 Å². The van der Waals surface area contributed by atoms with Crippen LogP contribution >= 0.6 is 8.03 Å². The van der Waals surface area contributed by atoms with E-state index in [1.54, 1.807) is 0 Å². The Kier molecular flexibility index (Phi) is 13.0. The van der Waals surface area contributed by atoms with Gasteiger partial charge in [0.05, 0.1) is 0 Å². The maximum Gasteiger partial charge on any atom is 0.192 e. The molecule has 0 aromatic carbocycles. The molecule has 0 radical (unpaired) electrons. The molecule has 0 aromatic rings. The SMILES string of the molecule is C=C.C=CC[PH](=O)O.